The predicted molar refractivity (Wildman–Crippen MR) is 78.9 cm³/mol. The number of aromatic nitrogens is 1. The maximum Gasteiger partial charge on any atom is 0.242 e. The molecule has 1 aliphatic rings. The van der Waals surface area contributed by atoms with Gasteiger partial charge in [-0.15, -0.1) is 0 Å². The molecule has 0 saturated carbocycles. The predicted octanol–water partition coefficient (Wildman–Crippen LogP) is 0.0967. The number of hydrogen-bond acceptors (Lipinski definition) is 5. The van der Waals surface area contributed by atoms with Crippen LogP contribution in [-0.4, -0.2) is 39.7 Å². The van der Waals surface area contributed by atoms with Gasteiger partial charge < -0.3 is 10.5 Å². The Kier molecular flexibility index (Phi) is 5.70. The normalized spacial score (nSPS) is 18.2. The van der Waals surface area contributed by atoms with E-state index in [1.54, 1.807) is 0 Å². The third-order valence-electron chi connectivity index (χ3n) is 3.23. The molecule has 0 bridgehead atoms. The van der Waals surface area contributed by atoms with E-state index in [1.807, 2.05) is 0 Å². The molecule has 0 aromatic carbocycles. The van der Waals surface area contributed by atoms with Crippen LogP contribution in [0.15, 0.2) is 23.4 Å². The van der Waals surface area contributed by atoms with Gasteiger partial charge in [0.1, 0.15) is 4.90 Å². The molecule has 1 saturated heterocycles. The van der Waals surface area contributed by atoms with Crippen molar-refractivity contribution in [1.82, 2.24) is 9.71 Å². The van der Waals surface area contributed by atoms with E-state index in [1.165, 1.54) is 18.5 Å². The zero-order valence-electron chi connectivity index (χ0n) is 11.7. The number of nitrogens with two attached hydrogens (primary N) is 1. The zero-order chi connectivity index (χ0) is 15.1. The van der Waals surface area contributed by atoms with Gasteiger partial charge in [-0.05, 0) is 24.8 Å². The Bertz CT molecular complexity index is 628. The fourth-order valence-corrected chi connectivity index (χ4v) is 3.11. The van der Waals surface area contributed by atoms with Gasteiger partial charge in [0.2, 0.25) is 10.0 Å². The molecule has 6 nitrogen and oxygen atoms in total. The lowest BCUT2D eigenvalue weighted by molar-refractivity contribution is 0.184. The fraction of sp³-hybridized carbons (Fsp3) is 0.500. The molecule has 1 unspecified atom stereocenters. The largest absolute Gasteiger partial charge is 0.381 e. The molecule has 0 spiro atoms. The Hall–Kier alpha value is -1.46. The van der Waals surface area contributed by atoms with Crippen LogP contribution < -0.4 is 10.5 Å². The summed E-state index contributed by atoms with van der Waals surface area (Å²) in [7, 11) is -3.55. The summed E-state index contributed by atoms with van der Waals surface area (Å²) in [4.78, 5) is 4.03. The van der Waals surface area contributed by atoms with Crippen LogP contribution in [0.4, 0.5) is 0 Å². The van der Waals surface area contributed by atoms with Gasteiger partial charge in [0.05, 0.1) is 6.54 Å². The molecule has 0 aliphatic carbocycles. The van der Waals surface area contributed by atoms with Crippen LogP contribution in [0.1, 0.15) is 18.4 Å². The second-order valence-electron chi connectivity index (χ2n) is 4.83. The van der Waals surface area contributed by atoms with Gasteiger partial charge in [0, 0.05) is 37.7 Å². The number of hydrogen-bond donors (Lipinski definition) is 2. The highest BCUT2D eigenvalue weighted by Crippen LogP contribution is 2.16. The number of nitrogens with one attached hydrogen (secondary N) is 1. The molecule has 114 valence electrons. The minimum absolute atomic E-state index is 0.119. The Morgan fingerprint density at radius 2 is 2.33 bits per heavy atom. The van der Waals surface area contributed by atoms with Gasteiger partial charge in [0.25, 0.3) is 0 Å². The molecule has 7 heteroatoms. The van der Waals surface area contributed by atoms with Crippen molar-refractivity contribution in [3.8, 4) is 11.8 Å². The van der Waals surface area contributed by atoms with E-state index in [0.717, 1.165) is 19.4 Å². The van der Waals surface area contributed by atoms with Crippen molar-refractivity contribution < 1.29 is 13.2 Å². The van der Waals surface area contributed by atoms with Crippen LogP contribution >= 0.6 is 0 Å². The molecule has 0 radical (unpaired) electrons. The van der Waals surface area contributed by atoms with Crippen LogP contribution in [0.5, 0.6) is 0 Å². The molecule has 21 heavy (non-hydrogen) atoms. The van der Waals surface area contributed by atoms with E-state index in [9.17, 15) is 8.42 Å². The van der Waals surface area contributed by atoms with Crippen molar-refractivity contribution in [3.63, 3.8) is 0 Å². The number of ether oxygens (including phenoxy) is 1. The van der Waals surface area contributed by atoms with E-state index >= 15 is 0 Å². The number of nitrogens with zero attached hydrogens (tertiary/aromatic N) is 1. The Morgan fingerprint density at radius 3 is 3.05 bits per heavy atom. The highest BCUT2D eigenvalue weighted by atomic mass is 32.2. The minimum Gasteiger partial charge on any atom is -0.381 e. The average Bonchev–Trinajstić information content (AvgIpc) is 2.98. The third-order valence-corrected chi connectivity index (χ3v) is 4.65. The van der Waals surface area contributed by atoms with E-state index in [0.29, 0.717) is 24.6 Å². The molecule has 0 amide bonds. The maximum absolute atomic E-state index is 12.2. The summed E-state index contributed by atoms with van der Waals surface area (Å²) in [5, 5.41) is 0. The molecule has 1 fully saturated rings. The summed E-state index contributed by atoms with van der Waals surface area (Å²) in [6.45, 7) is 2.10. The average molecular weight is 309 g/mol. The van der Waals surface area contributed by atoms with Crippen molar-refractivity contribution in [2.45, 2.75) is 17.7 Å². The summed E-state index contributed by atoms with van der Waals surface area (Å²) < 4.78 is 32.2. The van der Waals surface area contributed by atoms with Gasteiger partial charge in [-0.3, -0.25) is 4.98 Å². The molecular formula is C14H19N3O3S. The Balaban J connectivity index is 1.97. The van der Waals surface area contributed by atoms with Crippen molar-refractivity contribution >= 4 is 10.0 Å². The number of sulfonamides is 1. The van der Waals surface area contributed by atoms with Crippen molar-refractivity contribution in [1.29, 1.82) is 0 Å². The lowest BCUT2D eigenvalue weighted by Crippen LogP contribution is -2.26. The SMILES string of the molecule is NCC#Cc1cncc(S(=O)(=O)NCCC2CCOC2)c1. The van der Waals surface area contributed by atoms with Crippen LogP contribution in [0.25, 0.3) is 0 Å². The topological polar surface area (TPSA) is 94.3 Å². The van der Waals surface area contributed by atoms with Crippen molar-refractivity contribution in [3.05, 3.63) is 24.0 Å². The highest BCUT2D eigenvalue weighted by molar-refractivity contribution is 7.89. The van der Waals surface area contributed by atoms with E-state index in [-0.39, 0.29) is 11.4 Å². The van der Waals surface area contributed by atoms with Gasteiger partial charge in [-0.25, -0.2) is 13.1 Å². The van der Waals surface area contributed by atoms with Gasteiger partial charge in [0.15, 0.2) is 0 Å². The summed E-state index contributed by atoms with van der Waals surface area (Å²) >= 11 is 0. The van der Waals surface area contributed by atoms with Crippen molar-refractivity contribution in [2.75, 3.05) is 26.3 Å². The maximum atomic E-state index is 12.2. The first-order valence-electron chi connectivity index (χ1n) is 6.83. The molecule has 1 aromatic rings. The summed E-state index contributed by atoms with van der Waals surface area (Å²) in [6.07, 6.45) is 4.60. The summed E-state index contributed by atoms with van der Waals surface area (Å²) in [5.74, 6) is 5.88. The first-order valence-corrected chi connectivity index (χ1v) is 8.31. The zero-order valence-corrected chi connectivity index (χ0v) is 12.5. The molecule has 1 aromatic heterocycles. The third kappa shape index (κ3) is 4.79. The van der Waals surface area contributed by atoms with Gasteiger partial charge in [-0.2, -0.15) is 0 Å². The fourth-order valence-electron chi connectivity index (χ4n) is 2.08. The second kappa shape index (κ2) is 7.52. The monoisotopic (exact) mass is 309 g/mol. The molecule has 2 rings (SSSR count). The lowest BCUT2D eigenvalue weighted by atomic mass is 10.1. The lowest BCUT2D eigenvalue weighted by Gasteiger charge is -2.09. The highest BCUT2D eigenvalue weighted by Gasteiger charge is 2.18. The number of pyridine rings is 1. The molecule has 2 heterocycles. The summed E-state index contributed by atoms with van der Waals surface area (Å²) in [6, 6.07) is 1.50. The number of rotatable bonds is 5. The molecule has 1 atom stereocenters. The van der Waals surface area contributed by atoms with Crippen molar-refractivity contribution in [2.24, 2.45) is 11.7 Å². The standard InChI is InChI=1S/C14H19N3O3S/c15-5-1-2-13-8-14(10-16-9-13)21(18,19)17-6-3-12-4-7-20-11-12/h8-10,12,17H,3-7,11,15H2. The van der Waals surface area contributed by atoms with Crippen LogP contribution in [0, 0.1) is 17.8 Å². The smallest absolute Gasteiger partial charge is 0.242 e. The minimum atomic E-state index is -3.55. The van der Waals surface area contributed by atoms with Gasteiger partial charge >= 0.3 is 0 Å². The van der Waals surface area contributed by atoms with Crippen LogP contribution in [0.3, 0.4) is 0 Å². The van der Waals surface area contributed by atoms with Crippen LogP contribution in [-0.2, 0) is 14.8 Å². The van der Waals surface area contributed by atoms with E-state index in [2.05, 4.69) is 21.5 Å². The second-order valence-corrected chi connectivity index (χ2v) is 6.60. The Morgan fingerprint density at radius 1 is 1.48 bits per heavy atom. The van der Waals surface area contributed by atoms with Gasteiger partial charge in [-0.1, -0.05) is 11.8 Å². The summed E-state index contributed by atoms with van der Waals surface area (Å²) in [5.41, 5.74) is 5.83. The molecule has 3 N–H and O–H groups in total. The Labute approximate surface area is 125 Å². The van der Waals surface area contributed by atoms with E-state index < -0.39 is 10.0 Å². The van der Waals surface area contributed by atoms with Crippen LogP contribution in [0.2, 0.25) is 0 Å². The first kappa shape index (κ1) is 15.9. The molecular weight excluding hydrogens is 290 g/mol. The quantitative estimate of drug-likeness (QED) is 0.752. The first-order chi connectivity index (χ1) is 10.1. The van der Waals surface area contributed by atoms with E-state index in [4.69, 9.17) is 10.5 Å². The molecule has 1 aliphatic heterocycles.